The van der Waals surface area contributed by atoms with Gasteiger partial charge in [0.1, 0.15) is 11.6 Å². The van der Waals surface area contributed by atoms with Gasteiger partial charge in [0.25, 0.3) is 0 Å². The molecule has 0 radical (unpaired) electrons. The molecule has 1 aliphatic heterocycles. The monoisotopic (exact) mass is 351 g/mol. The molecule has 126 valence electrons. The number of urea groups is 1. The fraction of sp³-hybridized carbons (Fsp3) is 0.235. The maximum absolute atomic E-state index is 13.6. The maximum Gasteiger partial charge on any atom is 0.322 e. The van der Waals surface area contributed by atoms with Crippen molar-refractivity contribution < 1.29 is 13.6 Å². The minimum absolute atomic E-state index is 0.0264. The molecule has 1 heterocycles. The highest BCUT2D eigenvalue weighted by molar-refractivity contribution is 6.30. The van der Waals surface area contributed by atoms with Crippen molar-refractivity contribution in [1.29, 1.82) is 0 Å². The average molecular weight is 352 g/mol. The number of rotatable bonds is 2. The standard InChI is InChI=1S/C17H16ClF2N3O/c18-12-1-4-14(5-2-12)22-7-9-23(10-8-22)17(24)21-16-6-3-13(19)11-15(16)20/h1-6,11H,7-10H2,(H,21,24). The number of hydrogen-bond donors (Lipinski definition) is 1. The Morgan fingerprint density at radius 3 is 2.29 bits per heavy atom. The molecule has 0 bridgehead atoms. The van der Waals surface area contributed by atoms with Crippen LogP contribution in [0.25, 0.3) is 0 Å². The molecular formula is C17H16ClF2N3O. The minimum atomic E-state index is -0.789. The molecule has 0 saturated carbocycles. The topological polar surface area (TPSA) is 35.6 Å². The zero-order chi connectivity index (χ0) is 17.1. The van der Waals surface area contributed by atoms with Crippen molar-refractivity contribution in [2.45, 2.75) is 0 Å². The van der Waals surface area contributed by atoms with Gasteiger partial charge in [-0.2, -0.15) is 0 Å². The summed E-state index contributed by atoms with van der Waals surface area (Å²) in [5.74, 6) is -1.47. The van der Waals surface area contributed by atoms with Crippen LogP contribution in [0, 0.1) is 11.6 Å². The highest BCUT2D eigenvalue weighted by Crippen LogP contribution is 2.20. The van der Waals surface area contributed by atoms with Crippen LogP contribution in [0.5, 0.6) is 0 Å². The second kappa shape index (κ2) is 7.05. The van der Waals surface area contributed by atoms with Crippen LogP contribution < -0.4 is 10.2 Å². The highest BCUT2D eigenvalue weighted by Gasteiger charge is 2.22. The summed E-state index contributed by atoms with van der Waals surface area (Å²) in [6.07, 6.45) is 0. The summed E-state index contributed by atoms with van der Waals surface area (Å²) in [4.78, 5) is 16.0. The van der Waals surface area contributed by atoms with E-state index >= 15 is 0 Å². The van der Waals surface area contributed by atoms with Gasteiger partial charge in [-0.15, -0.1) is 0 Å². The first-order valence-electron chi connectivity index (χ1n) is 7.54. The third-order valence-electron chi connectivity index (χ3n) is 3.93. The summed E-state index contributed by atoms with van der Waals surface area (Å²) in [6, 6.07) is 10.2. The van der Waals surface area contributed by atoms with E-state index in [1.54, 1.807) is 4.90 Å². The van der Waals surface area contributed by atoms with Crippen LogP contribution >= 0.6 is 11.6 Å². The molecule has 0 spiro atoms. The number of nitrogens with zero attached hydrogens (tertiary/aromatic N) is 2. The first kappa shape index (κ1) is 16.5. The average Bonchev–Trinajstić information content (AvgIpc) is 2.58. The zero-order valence-corrected chi connectivity index (χ0v) is 13.6. The summed E-state index contributed by atoms with van der Waals surface area (Å²) < 4.78 is 26.5. The lowest BCUT2D eigenvalue weighted by molar-refractivity contribution is 0.208. The van der Waals surface area contributed by atoms with Crippen molar-refractivity contribution in [1.82, 2.24) is 4.90 Å². The number of hydrogen-bond acceptors (Lipinski definition) is 2. The first-order valence-corrected chi connectivity index (χ1v) is 7.92. The molecule has 0 unspecified atom stereocenters. The van der Waals surface area contributed by atoms with Crippen molar-refractivity contribution in [3.8, 4) is 0 Å². The van der Waals surface area contributed by atoms with Gasteiger partial charge in [0.15, 0.2) is 0 Å². The van der Waals surface area contributed by atoms with E-state index in [0.29, 0.717) is 31.2 Å². The van der Waals surface area contributed by atoms with Gasteiger partial charge < -0.3 is 15.1 Å². The van der Waals surface area contributed by atoms with Crippen LogP contribution in [0.15, 0.2) is 42.5 Å². The lowest BCUT2D eigenvalue weighted by Gasteiger charge is -2.36. The van der Waals surface area contributed by atoms with Gasteiger partial charge in [-0.1, -0.05) is 11.6 Å². The third-order valence-corrected chi connectivity index (χ3v) is 4.18. The molecule has 1 saturated heterocycles. The molecule has 0 aromatic heterocycles. The van der Waals surface area contributed by atoms with Crippen molar-refractivity contribution >= 4 is 29.0 Å². The molecule has 1 N–H and O–H groups in total. The van der Waals surface area contributed by atoms with Crippen LogP contribution in [0.3, 0.4) is 0 Å². The SMILES string of the molecule is O=C(Nc1ccc(F)cc1F)N1CCN(c2ccc(Cl)cc2)CC1. The molecule has 2 amide bonds. The van der Waals surface area contributed by atoms with Gasteiger partial charge >= 0.3 is 6.03 Å². The molecule has 1 fully saturated rings. The Balaban J connectivity index is 1.58. The number of amides is 2. The molecule has 7 heteroatoms. The Kier molecular flexibility index (Phi) is 4.85. The number of halogens is 3. The molecular weight excluding hydrogens is 336 g/mol. The molecule has 1 aliphatic rings. The van der Waals surface area contributed by atoms with Gasteiger partial charge in [0.05, 0.1) is 5.69 Å². The summed E-state index contributed by atoms with van der Waals surface area (Å²) in [5, 5.41) is 3.16. The van der Waals surface area contributed by atoms with Crippen LogP contribution in [0.2, 0.25) is 5.02 Å². The van der Waals surface area contributed by atoms with E-state index in [2.05, 4.69) is 10.2 Å². The van der Waals surface area contributed by atoms with E-state index in [4.69, 9.17) is 11.6 Å². The number of benzene rings is 2. The predicted octanol–water partition coefficient (Wildman–Crippen LogP) is 3.97. The Morgan fingerprint density at radius 2 is 1.67 bits per heavy atom. The van der Waals surface area contributed by atoms with E-state index in [1.807, 2.05) is 24.3 Å². The largest absolute Gasteiger partial charge is 0.368 e. The van der Waals surface area contributed by atoms with Crippen LogP contribution in [-0.4, -0.2) is 37.1 Å². The quantitative estimate of drug-likeness (QED) is 0.888. The lowest BCUT2D eigenvalue weighted by atomic mass is 10.2. The summed E-state index contributed by atoms with van der Waals surface area (Å²) in [6.45, 7) is 2.36. The van der Waals surface area contributed by atoms with E-state index in [1.165, 1.54) is 6.07 Å². The molecule has 0 atom stereocenters. The van der Waals surface area contributed by atoms with E-state index < -0.39 is 17.7 Å². The van der Waals surface area contributed by atoms with Crippen molar-refractivity contribution in [2.75, 3.05) is 36.4 Å². The van der Waals surface area contributed by atoms with Gasteiger partial charge in [-0.25, -0.2) is 13.6 Å². The summed E-state index contributed by atoms with van der Waals surface area (Å²) in [7, 11) is 0. The molecule has 4 nitrogen and oxygen atoms in total. The van der Waals surface area contributed by atoms with E-state index in [9.17, 15) is 13.6 Å². The Labute approximate surface area is 143 Å². The highest BCUT2D eigenvalue weighted by atomic mass is 35.5. The molecule has 0 aliphatic carbocycles. The smallest absolute Gasteiger partial charge is 0.322 e. The Morgan fingerprint density at radius 1 is 1.00 bits per heavy atom. The first-order chi connectivity index (χ1) is 11.5. The van der Waals surface area contributed by atoms with Gasteiger partial charge in [-0.05, 0) is 36.4 Å². The molecule has 2 aromatic carbocycles. The van der Waals surface area contributed by atoms with Gasteiger partial charge in [0, 0.05) is 43.0 Å². The second-order valence-corrected chi connectivity index (χ2v) is 5.94. The Hall–Kier alpha value is -2.34. The number of piperazine rings is 1. The fourth-order valence-corrected chi connectivity index (χ4v) is 2.73. The van der Waals surface area contributed by atoms with Crippen LogP contribution in [0.4, 0.5) is 25.0 Å². The predicted molar refractivity (Wildman–Crippen MR) is 90.6 cm³/mol. The van der Waals surface area contributed by atoms with Crippen molar-refractivity contribution in [2.24, 2.45) is 0 Å². The van der Waals surface area contributed by atoms with Gasteiger partial charge in [-0.3, -0.25) is 0 Å². The summed E-state index contributed by atoms with van der Waals surface area (Å²) in [5.41, 5.74) is 1.02. The fourth-order valence-electron chi connectivity index (χ4n) is 2.60. The van der Waals surface area contributed by atoms with E-state index in [0.717, 1.165) is 17.8 Å². The van der Waals surface area contributed by atoms with Gasteiger partial charge in [0.2, 0.25) is 0 Å². The molecule has 3 rings (SSSR count). The van der Waals surface area contributed by atoms with E-state index in [-0.39, 0.29) is 5.69 Å². The number of anilines is 2. The normalized spacial score (nSPS) is 14.6. The molecule has 24 heavy (non-hydrogen) atoms. The van der Waals surface area contributed by atoms with Crippen LogP contribution in [-0.2, 0) is 0 Å². The zero-order valence-electron chi connectivity index (χ0n) is 12.8. The maximum atomic E-state index is 13.6. The van der Waals surface area contributed by atoms with Crippen LogP contribution in [0.1, 0.15) is 0 Å². The minimum Gasteiger partial charge on any atom is -0.368 e. The Bertz CT molecular complexity index is 731. The number of carbonyl (C=O) groups excluding carboxylic acids is 1. The number of nitrogens with one attached hydrogen (secondary N) is 1. The number of carbonyl (C=O) groups is 1. The van der Waals surface area contributed by atoms with Crippen molar-refractivity contribution in [3.05, 3.63) is 59.1 Å². The summed E-state index contributed by atoms with van der Waals surface area (Å²) >= 11 is 5.88. The second-order valence-electron chi connectivity index (χ2n) is 5.50. The van der Waals surface area contributed by atoms with Crippen molar-refractivity contribution in [3.63, 3.8) is 0 Å². The third kappa shape index (κ3) is 3.76. The molecule has 2 aromatic rings. The lowest BCUT2D eigenvalue weighted by Crippen LogP contribution is -2.50.